The number of aromatic nitrogens is 1. The highest BCUT2D eigenvalue weighted by molar-refractivity contribution is 5.97. The predicted molar refractivity (Wildman–Crippen MR) is 106 cm³/mol. The van der Waals surface area contributed by atoms with Gasteiger partial charge in [0.2, 0.25) is 5.89 Å². The molecule has 0 saturated carbocycles. The Hall–Kier alpha value is -3.41. The van der Waals surface area contributed by atoms with E-state index in [-0.39, 0.29) is 5.69 Å². The first kappa shape index (κ1) is 19.4. The van der Waals surface area contributed by atoms with Crippen molar-refractivity contribution in [1.29, 1.82) is 0 Å². The first-order valence-electron chi connectivity index (χ1n) is 9.11. The third-order valence-corrected chi connectivity index (χ3v) is 4.29. The van der Waals surface area contributed by atoms with E-state index in [1.54, 1.807) is 6.92 Å². The minimum absolute atomic E-state index is 0.0609. The van der Waals surface area contributed by atoms with Crippen molar-refractivity contribution in [3.63, 3.8) is 0 Å². The van der Waals surface area contributed by atoms with E-state index in [1.165, 1.54) is 12.5 Å². The van der Waals surface area contributed by atoms with Crippen molar-refractivity contribution in [2.24, 2.45) is 0 Å². The average molecular weight is 378 g/mol. The lowest BCUT2D eigenvalue weighted by Gasteiger charge is -2.13. The summed E-state index contributed by atoms with van der Waals surface area (Å²) >= 11 is 0. The molecule has 1 aromatic heterocycles. The van der Waals surface area contributed by atoms with Crippen molar-refractivity contribution in [3.05, 3.63) is 71.6 Å². The Kier molecular flexibility index (Phi) is 5.89. The molecule has 144 valence electrons. The van der Waals surface area contributed by atoms with Crippen LogP contribution in [0, 0.1) is 6.92 Å². The number of nitrogens with one attached hydrogen (secondary N) is 1. The molecule has 28 heavy (non-hydrogen) atoms. The summed E-state index contributed by atoms with van der Waals surface area (Å²) in [6.07, 6.45) is -0.0563. The van der Waals surface area contributed by atoms with Gasteiger partial charge in [0.05, 0.1) is 0 Å². The molecule has 0 aliphatic heterocycles. The smallest absolute Gasteiger partial charge is 0.361 e. The number of amides is 1. The molecule has 6 nitrogen and oxygen atoms in total. The Morgan fingerprint density at radius 1 is 1.11 bits per heavy atom. The van der Waals surface area contributed by atoms with E-state index in [9.17, 15) is 9.59 Å². The van der Waals surface area contributed by atoms with Crippen LogP contribution in [-0.4, -0.2) is 23.0 Å². The first-order chi connectivity index (χ1) is 13.5. The number of anilines is 1. The van der Waals surface area contributed by atoms with Gasteiger partial charge < -0.3 is 14.5 Å². The number of carbonyl (C=O) groups excluding carboxylic acids is 2. The number of benzene rings is 2. The quantitative estimate of drug-likeness (QED) is 0.643. The molecule has 0 fully saturated rings. The second-order valence-electron chi connectivity index (χ2n) is 6.38. The highest BCUT2D eigenvalue weighted by atomic mass is 16.5. The summed E-state index contributed by atoms with van der Waals surface area (Å²) in [7, 11) is 0. The van der Waals surface area contributed by atoms with E-state index in [2.05, 4.69) is 17.2 Å². The lowest BCUT2D eigenvalue weighted by Crippen LogP contribution is -2.30. The third kappa shape index (κ3) is 4.46. The van der Waals surface area contributed by atoms with Crippen LogP contribution in [0.4, 0.5) is 5.69 Å². The second kappa shape index (κ2) is 8.52. The van der Waals surface area contributed by atoms with E-state index in [0.29, 0.717) is 17.3 Å². The summed E-state index contributed by atoms with van der Waals surface area (Å²) < 4.78 is 10.8. The summed E-state index contributed by atoms with van der Waals surface area (Å²) in [4.78, 5) is 29.0. The Balaban J connectivity index is 1.65. The topological polar surface area (TPSA) is 81.4 Å². The first-order valence-corrected chi connectivity index (χ1v) is 9.11. The summed E-state index contributed by atoms with van der Waals surface area (Å²) in [5.41, 5.74) is 2.64. The maximum Gasteiger partial charge on any atom is 0.361 e. The van der Waals surface area contributed by atoms with Crippen molar-refractivity contribution in [1.82, 2.24) is 4.98 Å². The fourth-order valence-electron chi connectivity index (χ4n) is 2.63. The lowest BCUT2D eigenvalue weighted by atomic mass is 10.1. The van der Waals surface area contributed by atoms with Crippen LogP contribution < -0.4 is 5.32 Å². The van der Waals surface area contributed by atoms with Crippen LogP contribution in [0.25, 0.3) is 11.5 Å². The molecular weight excluding hydrogens is 356 g/mol. The third-order valence-electron chi connectivity index (χ3n) is 4.29. The zero-order chi connectivity index (χ0) is 20.1. The monoisotopic (exact) mass is 378 g/mol. The molecule has 0 spiro atoms. The number of esters is 1. The number of aryl methyl sites for hydroxylation is 2. The highest BCUT2D eigenvalue weighted by Crippen LogP contribution is 2.22. The van der Waals surface area contributed by atoms with Gasteiger partial charge in [-0.2, -0.15) is 0 Å². The van der Waals surface area contributed by atoms with Crippen LogP contribution in [0.3, 0.4) is 0 Å². The highest BCUT2D eigenvalue weighted by Gasteiger charge is 2.24. The Morgan fingerprint density at radius 2 is 1.79 bits per heavy atom. The molecule has 0 unspecified atom stereocenters. The average Bonchev–Trinajstić information content (AvgIpc) is 3.11. The molecule has 0 radical (unpaired) electrons. The van der Waals surface area contributed by atoms with Crippen molar-refractivity contribution >= 4 is 17.6 Å². The molecule has 1 N–H and O–H groups in total. The van der Waals surface area contributed by atoms with Crippen LogP contribution in [0.2, 0.25) is 0 Å². The van der Waals surface area contributed by atoms with Gasteiger partial charge in [-0.3, -0.25) is 4.79 Å². The Morgan fingerprint density at radius 3 is 2.43 bits per heavy atom. The largest absolute Gasteiger partial charge is 0.448 e. The zero-order valence-corrected chi connectivity index (χ0v) is 16.1. The molecule has 3 aromatic rings. The van der Waals surface area contributed by atoms with E-state index < -0.39 is 18.0 Å². The van der Waals surface area contributed by atoms with Gasteiger partial charge in [0.25, 0.3) is 5.91 Å². The molecule has 6 heteroatoms. The molecule has 0 bridgehead atoms. The molecule has 2 aromatic carbocycles. The number of ether oxygens (including phenoxy) is 1. The zero-order valence-electron chi connectivity index (χ0n) is 16.1. The van der Waals surface area contributed by atoms with Crippen LogP contribution in [0.1, 0.15) is 35.7 Å². The number of carbonyl (C=O) groups is 2. The van der Waals surface area contributed by atoms with E-state index in [1.807, 2.05) is 54.6 Å². The van der Waals surface area contributed by atoms with Crippen LogP contribution in [0.5, 0.6) is 0 Å². The van der Waals surface area contributed by atoms with Gasteiger partial charge in [-0.25, -0.2) is 9.78 Å². The van der Waals surface area contributed by atoms with Gasteiger partial charge in [0, 0.05) is 11.3 Å². The SMILES string of the molecule is CCc1ccc(NC(=O)[C@H](C)OC(=O)c2nc(-c3ccccc3)oc2C)cc1. The molecule has 0 saturated heterocycles. The summed E-state index contributed by atoms with van der Waals surface area (Å²) in [5, 5.41) is 2.74. The number of nitrogens with zero attached hydrogens (tertiary/aromatic N) is 1. The van der Waals surface area contributed by atoms with Crippen LogP contribution >= 0.6 is 0 Å². The van der Waals surface area contributed by atoms with Crippen molar-refractivity contribution < 1.29 is 18.7 Å². The number of hydrogen-bond donors (Lipinski definition) is 1. The molecule has 1 atom stereocenters. The maximum absolute atomic E-state index is 12.4. The maximum atomic E-state index is 12.4. The lowest BCUT2D eigenvalue weighted by molar-refractivity contribution is -0.123. The Bertz CT molecular complexity index is 962. The predicted octanol–water partition coefficient (Wildman–Crippen LogP) is 4.40. The van der Waals surface area contributed by atoms with Crippen molar-refractivity contribution in [3.8, 4) is 11.5 Å². The molecular formula is C22H22N2O4. The van der Waals surface area contributed by atoms with Crippen LogP contribution in [0.15, 0.2) is 59.0 Å². The summed E-state index contributed by atoms with van der Waals surface area (Å²) in [6, 6.07) is 16.8. The molecule has 0 aliphatic rings. The van der Waals surface area contributed by atoms with Gasteiger partial charge >= 0.3 is 5.97 Å². The van der Waals surface area contributed by atoms with Crippen molar-refractivity contribution in [2.75, 3.05) is 5.32 Å². The van der Waals surface area contributed by atoms with E-state index in [4.69, 9.17) is 9.15 Å². The Labute approximate surface area is 163 Å². The van der Waals surface area contributed by atoms with Gasteiger partial charge in [0.15, 0.2) is 11.8 Å². The summed E-state index contributed by atoms with van der Waals surface area (Å²) in [5.74, 6) is -0.445. The number of hydrogen-bond acceptors (Lipinski definition) is 5. The van der Waals surface area contributed by atoms with E-state index >= 15 is 0 Å². The molecule has 1 amide bonds. The number of rotatable bonds is 6. The number of oxazole rings is 1. The molecule has 1 heterocycles. The van der Waals surface area contributed by atoms with Crippen LogP contribution in [-0.2, 0) is 16.0 Å². The minimum Gasteiger partial charge on any atom is -0.448 e. The van der Waals surface area contributed by atoms with Crippen molar-refractivity contribution in [2.45, 2.75) is 33.3 Å². The molecule has 0 aliphatic carbocycles. The molecule has 3 rings (SSSR count). The van der Waals surface area contributed by atoms with Gasteiger partial charge in [-0.15, -0.1) is 0 Å². The second-order valence-corrected chi connectivity index (χ2v) is 6.38. The van der Waals surface area contributed by atoms with Gasteiger partial charge in [-0.1, -0.05) is 37.3 Å². The van der Waals surface area contributed by atoms with E-state index in [0.717, 1.165) is 12.0 Å². The summed E-state index contributed by atoms with van der Waals surface area (Å²) in [6.45, 7) is 5.21. The standard InChI is InChI=1S/C22H22N2O4/c1-4-16-10-12-18(13-11-16)23-20(25)15(3)28-22(26)19-14(2)27-21(24-19)17-8-6-5-7-9-17/h5-13,15H,4H2,1-3H3,(H,23,25)/t15-/m0/s1. The fraction of sp³-hybridized carbons (Fsp3) is 0.227. The van der Waals surface area contributed by atoms with Gasteiger partial charge in [0.1, 0.15) is 5.76 Å². The van der Waals surface area contributed by atoms with Gasteiger partial charge in [-0.05, 0) is 50.1 Å². The normalized spacial score (nSPS) is 11.7. The minimum atomic E-state index is -0.977. The fourth-order valence-corrected chi connectivity index (χ4v) is 2.63.